The lowest BCUT2D eigenvalue weighted by Crippen LogP contribution is -2.51. The number of nitrogens with zero attached hydrogens (tertiary/aromatic N) is 2. The van der Waals surface area contributed by atoms with Crippen molar-refractivity contribution in [2.75, 3.05) is 0 Å². The maximum Gasteiger partial charge on any atom is 0.270 e. The van der Waals surface area contributed by atoms with E-state index in [1.165, 1.54) is 6.42 Å². The third-order valence-electron chi connectivity index (χ3n) is 3.58. The zero-order valence-electron chi connectivity index (χ0n) is 10.4. The quantitative estimate of drug-likeness (QED) is 0.740. The topological polar surface area (TPSA) is 61.8 Å². The molecule has 0 unspecified atom stereocenters. The highest BCUT2D eigenvalue weighted by atomic mass is 16.2. The number of nitrogens with one attached hydrogen (secondary N) is 1. The number of piperidine rings is 1. The summed E-state index contributed by atoms with van der Waals surface area (Å²) >= 11 is 0. The van der Waals surface area contributed by atoms with Crippen LogP contribution in [0.2, 0.25) is 0 Å². The first-order valence-corrected chi connectivity index (χ1v) is 6.27. The molecule has 0 aromatic rings. The minimum atomic E-state index is -0.110. The highest BCUT2D eigenvalue weighted by molar-refractivity contribution is 6.39. The van der Waals surface area contributed by atoms with Crippen molar-refractivity contribution in [3.63, 3.8) is 0 Å². The Morgan fingerprint density at radius 3 is 2.47 bits per heavy atom. The Labute approximate surface area is 101 Å². The van der Waals surface area contributed by atoms with Gasteiger partial charge in [-0.3, -0.25) is 9.59 Å². The van der Waals surface area contributed by atoms with Crippen LogP contribution in [0.5, 0.6) is 0 Å². The van der Waals surface area contributed by atoms with Gasteiger partial charge in [0.15, 0.2) is 0 Å². The van der Waals surface area contributed by atoms with Crippen molar-refractivity contribution in [2.24, 2.45) is 5.10 Å². The molecule has 2 rings (SSSR count). The van der Waals surface area contributed by atoms with Crippen LogP contribution in [0, 0.1) is 0 Å². The van der Waals surface area contributed by atoms with Gasteiger partial charge in [-0.15, -0.1) is 0 Å². The van der Waals surface area contributed by atoms with Crippen molar-refractivity contribution in [2.45, 2.75) is 58.0 Å². The molecule has 0 aromatic heterocycles. The average Bonchev–Trinajstić information content (AvgIpc) is 2.29. The fourth-order valence-electron chi connectivity index (χ4n) is 2.60. The molecule has 2 aliphatic heterocycles. The molecule has 1 saturated heterocycles. The van der Waals surface area contributed by atoms with E-state index in [9.17, 15) is 9.59 Å². The molecule has 1 fully saturated rings. The monoisotopic (exact) mass is 237 g/mol. The summed E-state index contributed by atoms with van der Waals surface area (Å²) < 4.78 is 0. The minimum Gasteiger partial charge on any atom is -0.332 e. The Morgan fingerprint density at radius 1 is 1.29 bits per heavy atom. The highest BCUT2D eigenvalue weighted by Crippen LogP contribution is 2.23. The molecule has 94 valence electrons. The minimum absolute atomic E-state index is 0.00954. The van der Waals surface area contributed by atoms with Crippen molar-refractivity contribution in [3.8, 4) is 0 Å². The Bertz CT molecular complexity index is 355. The maximum absolute atomic E-state index is 12.3. The second-order valence-corrected chi connectivity index (χ2v) is 4.93. The second-order valence-electron chi connectivity index (χ2n) is 4.93. The van der Waals surface area contributed by atoms with Gasteiger partial charge in [-0.2, -0.15) is 5.10 Å². The summed E-state index contributed by atoms with van der Waals surface area (Å²) in [5.41, 5.74) is 2.87. The number of likely N-dealkylation sites (tertiary alicyclic amines) is 1. The smallest absolute Gasteiger partial charge is 0.270 e. The van der Waals surface area contributed by atoms with Crippen LogP contribution >= 0.6 is 0 Å². The molecule has 0 aromatic carbocycles. The lowest BCUT2D eigenvalue weighted by atomic mass is 9.96. The van der Waals surface area contributed by atoms with Crippen LogP contribution in [0.15, 0.2) is 5.10 Å². The molecule has 0 radical (unpaired) electrons. The molecule has 0 aliphatic carbocycles. The summed E-state index contributed by atoms with van der Waals surface area (Å²) in [5.74, 6) is -0.119. The van der Waals surface area contributed by atoms with Crippen molar-refractivity contribution in [1.29, 1.82) is 0 Å². The van der Waals surface area contributed by atoms with E-state index >= 15 is 0 Å². The van der Waals surface area contributed by atoms with Gasteiger partial charge in [0.05, 0.1) is 0 Å². The summed E-state index contributed by atoms with van der Waals surface area (Å²) in [4.78, 5) is 25.2. The van der Waals surface area contributed by atoms with Gasteiger partial charge in [-0.05, 0) is 33.1 Å². The highest BCUT2D eigenvalue weighted by Gasteiger charge is 2.32. The molecular weight excluding hydrogens is 218 g/mol. The number of hydrazone groups is 1. The van der Waals surface area contributed by atoms with Crippen LogP contribution in [-0.2, 0) is 9.59 Å². The van der Waals surface area contributed by atoms with E-state index in [1.54, 1.807) is 0 Å². The van der Waals surface area contributed by atoms with Crippen LogP contribution in [0.25, 0.3) is 0 Å². The third kappa shape index (κ3) is 2.48. The molecule has 0 spiro atoms. The van der Waals surface area contributed by atoms with E-state index in [0.29, 0.717) is 18.6 Å². The van der Waals surface area contributed by atoms with Crippen LogP contribution < -0.4 is 5.43 Å². The van der Waals surface area contributed by atoms with E-state index < -0.39 is 0 Å². The molecule has 2 atom stereocenters. The van der Waals surface area contributed by atoms with Crippen LogP contribution in [0.3, 0.4) is 0 Å². The number of carbonyl (C=O) groups is 2. The van der Waals surface area contributed by atoms with Crippen molar-refractivity contribution in [1.82, 2.24) is 10.3 Å². The van der Waals surface area contributed by atoms with E-state index in [1.807, 2.05) is 4.90 Å². The van der Waals surface area contributed by atoms with Crippen molar-refractivity contribution >= 4 is 17.5 Å². The molecule has 2 heterocycles. The number of hydrogen-bond acceptors (Lipinski definition) is 3. The van der Waals surface area contributed by atoms with Gasteiger partial charge < -0.3 is 4.90 Å². The zero-order chi connectivity index (χ0) is 12.4. The molecule has 2 aliphatic rings. The molecule has 17 heavy (non-hydrogen) atoms. The average molecular weight is 237 g/mol. The molecule has 0 saturated carbocycles. The van der Waals surface area contributed by atoms with Gasteiger partial charge in [0, 0.05) is 24.9 Å². The predicted octanol–water partition coefficient (Wildman–Crippen LogP) is 1.04. The molecule has 0 bridgehead atoms. The third-order valence-corrected chi connectivity index (χ3v) is 3.58. The Balaban J connectivity index is 2.10. The van der Waals surface area contributed by atoms with E-state index in [-0.39, 0.29) is 23.9 Å². The fourth-order valence-corrected chi connectivity index (χ4v) is 2.60. The molecule has 5 nitrogen and oxygen atoms in total. The second kappa shape index (κ2) is 4.85. The Kier molecular flexibility index (Phi) is 3.45. The van der Waals surface area contributed by atoms with Gasteiger partial charge >= 0.3 is 0 Å². The number of carbonyl (C=O) groups excluding carboxylic acids is 2. The molecular formula is C12H19N3O2. The zero-order valence-corrected chi connectivity index (χ0v) is 10.4. The first kappa shape index (κ1) is 12.1. The summed E-state index contributed by atoms with van der Waals surface area (Å²) in [6.45, 7) is 4.16. The molecule has 2 amide bonds. The summed E-state index contributed by atoms with van der Waals surface area (Å²) in [7, 11) is 0. The van der Waals surface area contributed by atoms with E-state index in [2.05, 4.69) is 24.4 Å². The van der Waals surface area contributed by atoms with Gasteiger partial charge in [0.1, 0.15) is 5.71 Å². The normalized spacial score (nSPS) is 29.6. The standard InChI is InChI=1S/C12H19N3O2/c1-8-4-3-5-9(2)15(8)12(17)10-6-7-11(16)14-13-10/h8-9H,3-7H2,1-2H3,(H,14,16)/t8-,9+. The summed E-state index contributed by atoms with van der Waals surface area (Å²) in [6.07, 6.45) is 4.10. The van der Waals surface area contributed by atoms with Crippen LogP contribution in [0.4, 0.5) is 0 Å². The first-order chi connectivity index (χ1) is 8.09. The van der Waals surface area contributed by atoms with Crippen LogP contribution in [0.1, 0.15) is 46.0 Å². The van der Waals surface area contributed by atoms with Gasteiger partial charge in [-0.1, -0.05) is 0 Å². The molecule has 5 heteroatoms. The lowest BCUT2D eigenvalue weighted by Gasteiger charge is -2.39. The van der Waals surface area contributed by atoms with E-state index in [0.717, 1.165) is 12.8 Å². The van der Waals surface area contributed by atoms with Crippen molar-refractivity contribution < 1.29 is 9.59 Å². The lowest BCUT2D eigenvalue weighted by molar-refractivity contribution is -0.130. The number of hydrogen-bond donors (Lipinski definition) is 1. The maximum atomic E-state index is 12.3. The number of amides is 2. The Hall–Kier alpha value is -1.39. The SMILES string of the molecule is C[C@@H]1CCC[C@H](C)N1C(=O)C1=NNC(=O)CC1. The van der Waals surface area contributed by atoms with Gasteiger partial charge in [0.2, 0.25) is 5.91 Å². The molecule has 1 N–H and O–H groups in total. The Morgan fingerprint density at radius 2 is 1.94 bits per heavy atom. The van der Waals surface area contributed by atoms with Crippen molar-refractivity contribution in [3.05, 3.63) is 0 Å². The summed E-state index contributed by atoms with van der Waals surface area (Å²) in [5, 5.41) is 3.88. The first-order valence-electron chi connectivity index (χ1n) is 6.27. The fraction of sp³-hybridized carbons (Fsp3) is 0.750. The van der Waals surface area contributed by atoms with Gasteiger partial charge in [0.25, 0.3) is 5.91 Å². The number of rotatable bonds is 1. The largest absolute Gasteiger partial charge is 0.332 e. The predicted molar refractivity (Wildman–Crippen MR) is 64.4 cm³/mol. The summed E-state index contributed by atoms with van der Waals surface area (Å²) in [6, 6.07) is 0.540. The van der Waals surface area contributed by atoms with Crippen LogP contribution in [-0.4, -0.2) is 34.5 Å². The van der Waals surface area contributed by atoms with Gasteiger partial charge in [-0.25, -0.2) is 5.43 Å². The van der Waals surface area contributed by atoms with E-state index in [4.69, 9.17) is 0 Å².